The minimum atomic E-state index is -0.821. The molecule has 4 rings (SSSR count). The van der Waals surface area contributed by atoms with Crippen LogP contribution in [-0.4, -0.2) is 40.4 Å². The molecule has 0 saturated carbocycles. The molecule has 1 N–H and O–H groups in total. The fraction of sp³-hybridized carbons (Fsp3) is 0.300. The first-order valence-corrected chi connectivity index (χ1v) is 12.4. The number of likely N-dealkylation sites (tertiary alicyclic amines) is 1. The first-order chi connectivity index (χ1) is 17.8. The van der Waals surface area contributed by atoms with Crippen molar-refractivity contribution in [2.45, 2.75) is 46.2 Å². The van der Waals surface area contributed by atoms with E-state index in [1.807, 2.05) is 44.2 Å². The molecule has 1 aromatic heterocycles. The Kier molecular flexibility index (Phi) is 7.92. The van der Waals surface area contributed by atoms with Crippen LogP contribution in [0.1, 0.15) is 53.6 Å². The van der Waals surface area contributed by atoms with E-state index < -0.39 is 17.7 Å². The molecule has 1 amide bonds. The average molecular weight is 501 g/mol. The predicted molar refractivity (Wildman–Crippen MR) is 141 cm³/mol. The van der Waals surface area contributed by atoms with E-state index in [-0.39, 0.29) is 17.9 Å². The van der Waals surface area contributed by atoms with Crippen molar-refractivity contribution in [2.75, 3.05) is 13.7 Å². The molecule has 0 radical (unpaired) electrons. The topological polar surface area (TPSA) is 89.0 Å². The Morgan fingerprint density at radius 3 is 2.59 bits per heavy atom. The second kappa shape index (κ2) is 11.3. The maximum atomic E-state index is 13.4. The maximum Gasteiger partial charge on any atom is 0.295 e. The summed E-state index contributed by atoms with van der Waals surface area (Å²) in [4.78, 5) is 32.4. The van der Waals surface area contributed by atoms with Gasteiger partial charge >= 0.3 is 0 Å². The van der Waals surface area contributed by atoms with Crippen LogP contribution in [-0.2, 0) is 16.1 Å². The number of carbonyl (C=O) groups excluding carboxylic acids is 2. The number of hydrogen-bond acceptors (Lipinski definition) is 6. The van der Waals surface area contributed by atoms with Gasteiger partial charge in [0.05, 0.1) is 25.3 Å². The molecular formula is C30H32N2O5. The lowest BCUT2D eigenvalue weighted by Gasteiger charge is -2.26. The van der Waals surface area contributed by atoms with Gasteiger partial charge in [0.2, 0.25) is 0 Å². The molecule has 192 valence electrons. The van der Waals surface area contributed by atoms with Crippen molar-refractivity contribution in [3.8, 4) is 11.5 Å². The smallest absolute Gasteiger partial charge is 0.295 e. The molecule has 2 heterocycles. The van der Waals surface area contributed by atoms with E-state index in [4.69, 9.17) is 9.47 Å². The van der Waals surface area contributed by atoms with Gasteiger partial charge in [0, 0.05) is 24.5 Å². The van der Waals surface area contributed by atoms with E-state index >= 15 is 0 Å². The first kappa shape index (κ1) is 25.9. The molecule has 1 unspecified atom stereocenters. The van der Waals surface area contributed by atoms with Crippen LogP contribution in [0.15, 0.2) is 66.5 Å². The van der Waals surface area contributed by atoms with Crippen LogP contribution < -0.4 is 9.47 Å². The molecule has 0 bridgehead atoms. The van der Waals surface area contributed by atoms with Gasteiger partial charge in [-0.3, -0.25) is 14.6 Å². The molecule has 0 aliphatic carbocycles. The van der Waals surface area contributed by atoms with E-state index in [0.717, 1.165) is 29.5 Å². The average Bonchev–Trinajstić information content (AvgIpc) is 3.15. The molecule has 0 spiro atoms. The summed E-state index contributed by atoms with van der Waals surface area (Å²) >= 11 is 0. The number of carbonyl (C=O) groups is 2. The highest BCUT2D eigenvalue weighted by Crippen LogP contribution is 2.43. The summed E-state index contributed by atoms with van der Waals surface area (Å²) in [5.74, 6) is -0.524. The number of aliphatic hydroxyl groups is 1. The number of amides is 1. The molecule has 1 aliphatic rings. The maximum absolute atomic E-state index is 13.4. The second-order valence-corrected chi connectivity index (χ2v) is 9.22. The van der Waals surface area contributed by atoms with Gasteiger partial charge in [-0.2, -0.15) is 0 Å². The van der Waals surface area contributed by atoms with Crippen molar-refractivity contribution in [1.29, 1.82) is 0 Å². The zero-order chi connectivity index (χ0) is 26.5. The minimum absolute atomic E-state index is 0.0456. The van der Waals surface area contributed by atoms with Crippen LogP contribution in [0.4, 0.5) is 0 Å². The van der Waals surface area contributed by atoms with Gasteiger partial charge in [0.15, 0.2) is 11.5 Å². The van der Waals surface area contributed by atoms with E-state index in [0.29, 0.717) is 29.2 Å². The van der Waals surface area contributed by atoms with Crippen LogP contribution >= 0.6 is 0 Å². The Balaban J connectivity index is 1.86. The lowest BCUT2D eigenvalue weighted by molar-refractivity contribution is -0.140. The number of rotatable bonds is 9. The standard InChI is InChI=1S/C30H32N2O5/c1-5-6-14-37-24-12-11-22(16-25(24)36-4)27-26(28(33)23-15-19(2)9-10-20(23)3)29(34)30(35)32(27)18-21-8-7-13-31-17-21/h7-13,15-17,27,33H,5-6,14,18H2,1-4H3/b28-26+. The van der Waals surface area contributed by atoms with Crippen LogP contribution in [0.25, 0.3) is 5.76 Å². The number of Topliss-reactive ketones (excluding diaryl/α,β-unsaturated/α-hetero) is 1. The molecule has 1 saturated heterocycles. The number of aliphatic hydroxyl groups excluding tert-OH is 1. The van der Waals surface area contributed by atoms with Crippen molar-refractivity contribution in [3.05, 3.63) is 94.3 Å². The van der Waals surface area contributed by atoms with E-state index in [1.165, 1.54) is 4.90 Å². The molecule has 37 heavy (non-hydrogen) atoms. The molecular weight excluding hydrogens is 468 g/mol. The summed E-state index contributed by atoms with van der Waals surface area (Å²) in [6.45, 7) is 6.57. The van der Waals surface area contributed by atoms with Gasteiger partial charge in [-0.05, 0) is 61.2 Å². The normalized spacial score (nSPS) is 16.8. The third kappa shape index (κ3) is 5.35. The van der Waals surface area contributed by atoms with Crippen LogP contribution in [0.5, 0.6) is 11.5 Å². The van der Waals surface area contributed by atoms with Crippen LogP contribution in [0.2, 0.25) is 0 Å². The summed E-state index contributed by atoms with van der Waals surface area (Å²) < 4.78 is 11.5. The molecule has 3 aromatic rings. The van der Waals surface area contributed by atoms with Gasteiger partial charge < -0.3 is 19.5 Å². The zero-order valence-electron chi connectivity index (χ0n) is 21.7. The highest BCUT2D eigenvalue weighted by molar-refractivity contribution is 6.46. The van der Waals surface area contributed by atoms with E-state index in [1.54, 1.807) is 37.7 Å². The fourth-order valence-corrected chi connectivity index (χ4v) is 4.51. The number of ketones is 1. The van der Waals surface area contributed by atoms with E-state index in [9.17, 15) is 14.7 Å². The highest BCUT2D eigenvalue weighted by atomic mass is 16.5. The van der Waals surface area contributed by atoms with Gasteiger partial charge in [-0.25, -0.2) is 0 Å². The number of hydrogen-bond donors (Lipinski definition) is 1. The van der Waals surface area contributed by atoms with Crippen molar-refractivity contribution < 1.29 is 24.2 Å². The summed E-state index contributed by atoms with van der Waals surface area (Å²) in [5.41, 5.74) is 3.71. The Bertz CT molecular complexity index is 1330. The molecule has 1 aliphatic heterocycles. The molecule has 7 nitrogen and oxygen atoms in total. The summed E-state index contributed by atoms with van der Waals surface area (Å²) in [6, 6.07) is 13.8. The molecule has 7 heteroatoms. The zero-order valence-corrected chi connectivity index (χ0v) is 21.7. The minimum Gasteiger partial charge on any atom is -0.507 e. The Morgan fingerprint density at radius 2 is 1.89 bits per heavy atom. The number of ether oxygens (including phenoxy) is 2. The third-order valence-electron chi connectivity index (χ3n) is 6.52. The summed E-state index contributed by atoms with van der Waals surface area (Å²) in [5, 5.41) is 11.5. The lowest BCUT2D eigenvalue weighted by atomic mass is 9.93. The summed E-state index contributed by atoms with van der Waals surface area (Å²) in [7, 11) is 1.55. The second-order valence-electron chi connectivity index (χ2n) is 9.22. The van der Waals surface area contributed by atoms with Crippen LogP contribution in [0.3, 0.4) is 0 Å². The van der Waals surface area contributed by atoms with Crippen molar-refractivity contribution in [3.63, 3.8) is 0 Å². The summed E-state index contributed by atoms with van der Waals surface area (Å²) in [6.07, 6.45) is 5.22. The SMILES string of the molecule is CCCCOc1ccc(C2/C(=C(\O)c3cc(C)ccc3C)C(=O)C(=O)N2Cc2cccnc2)cc1OC. The Labute approximate surface area is 217 Å². The number of nitrogens with zero attached hydrogens (tertiary/aromatic N) is 2. The number of aromatic nitrogens is 1. The third-order valence-corrected chi connectivity index (χ3v) is 6.52. The van der Waals surface area contributed by atoms with Crippen LogP contribution in [0, 0.1) is 13.8 Å². The van der Waals surface area contributed by atoms with E-state index in [2.05, 4.69) is 11.9 Å². The van der Waals surface area contributed by atoms with Gasteiger partial charge in [0.1, 0.15) is 5.76 Å². The Hall–Kier alpha value is -4.13. The molecule has 1 atom stereocenters. The first-order valence-electron chi connectivity index (χ1n) is 12.4. The monoisotopic (exact) mass is 500 g/mol. The number of methoxy groups -OCH3 is 1. The van der Waals surface area contributed by atoms with Crippen molar-refractivity contribution in [1.82, 2.24) is 9.88 Å². The fourth-order valence-electron chi connectivity index (χ4n) is 4.51. The van der Waals surface area contributed by atoms with Gasteiger partial charge in [0.25, 0.3) is 11.7 Å². The molecule has 2 aromatic carbocycles. The molecule has 1 fully saturated rings. The van der Waals surface area contributed by atoms with Gasteiger partial charge in [-0.15, -0.1) is 0 Å². The van der Waals surface area contributed by atoms with Crippen molar-refractivity contribution >= 4 is 17.4 Å². The highest BCUT2D eigenvalue weighted by Gasteiger charge is 2.46. The number of unbranched alkanes of at least 4 members (excludes halogenated alkanes) is 1. The van der Waals surface area contributed by atoms with Gasteiger partial charge in [-0.1, -0.05) is 43.2 Å². The predicted octanol–water partition coefficient (Wildman–Crippen LogP) is 5.51. The number of aryl methyl sites for hydroxylation is 2. The Morgan fingerprint density at radius 1 is 1.08 bits per heavy atom. The largest absolute Gasteiger partial charge is 0.507 e. The quantitative estimate of drug-likeness (QED) is 0.180. The number of pyridine rings is 1. The lowest BCUT2D eigenvalue weighted by Crippen LogP contribution is -2.29. The van der Waals surface area contributed by atoms with Crippen molar-refractivity contribution in [2.24, 2.45) is 0 Å². The number of benzene rings is 2.